The second-order valence-corrected chi connectivity index (χ2v) is 7.18. The monoisotopic (exact) mass is 325 g/mol. The van der Waals surface area contributed by atoms with Gasteiger partial charge in [0.2, 0.25) is 5.91 Å². The lowest BCUT2D eigenvalue weighted by molar-refractivity contribution is -0.124. The van der Waals surface area contributed by atoms with Crippen molar-refractivity contribution in [3.05, 3.63) is 35.4 Å². The normalized spacial score (nSPS) is 29.7. The highest BCUT2D eigenvalue weighted by Crippen LogP contribution is 2.33. The van der Waals surface area contributed by atoms with Crippen LogP contribution in [0.3, 0.4) is 0 Å². The van der Waals surface area contributed by atoms with E-state index < -0.39 is 0 Å². The highest BCUT2D eigenvalue weighted by atomic mass is 16.5. The zero-order valence-electron chi connectivity index (χ0n) is 13.8. The van der Waals surface area contributed by atoms with Crippen molar-refractivity contribution < 1.29 is 9.53 Å². The zero-order valence-corrected chi connectivity index (χ0v) is 13.8. The molecule has 5 nitrogen and oxygen atoms in total. The summed E-state index contributed by atoms with van der Waals surface area (Å²) in [5.41, 5.74) is 1.84. The van der Waals surface area contributed by atoms with Crippen LogP contribution >= 0.6 is 0 Å². The molecule has 0 bridgehead atoms. The number of fused-ring (bicyclic) bond motifs is 1. The van der Waals surface area contributed by atoms with Crippen molar-refractivity contribution in [2.75, 3.05) is 13.2 Å². The quantitative estimate of drug-likeness (QED) is 0.917. The smallest absolute Gasteiger partial charge is 0.223 e. The lowest BCUT2D eigenvalue weighted by Crippen LogP contribution is -2.48. The first-order valence-electron chi connectivity index (χ1n) is 8.89. The van der Waals surface area contributed by atoms with Gasteiger partial charge in [-0.2, -0.15) is 5.26 Å². The number of hydrogen-bond acceptors (Lipinski definition) is 4. The molecule has 1 amide bonds. The van der Waals surface area contributed by atoms with E-state index in [1.54, 1.807) is 0 Å². The van der Waals surface area contributed by atoms with Crippen molar-refractivity contribution in [1.82, 2.24) is 10.2 Å². The molecule has 5 heteroatoms. The number of nitrogens with zero attached hydrogens (tertiary/aromatic N) is 2. The van der Waals surface area contributed by atoms with Crippen molar-refractivity contribution in [3.8, 4) is 6.07 Å². The minimum absolute atomic E-state index is 0.0857. The molecule has 2 heterocycles. The molecule has 1 N–H and O–H groups in total. The number of ether oxygens (including phenoxy) is 1. The van der Waals surface area contributed by atoms with E-state index in [2.05, 4.69) is 22.4 Å². The van der Waals surface area contributed by atoms with E-state index >= 15 is 0 Å². The standard InChI is InChI=1S/C19H23N3O2/c20-10-13-3-1-4-14(9-13)11-22-12-16(21-19(23)15-6-7-15)18-17(22)5-2-8-24-18/h1,3-4,9,15-18H,2,5-8,11-12H2,(H,21,23)/t16-,17+,18+/m1/s1. The first-order chi connectivity index (χ1) is 11.7. The molecule has 1 aromatic carbocycles. The predicted molar refractivity (Wildman–Crippen MR) is 89.0 cm³/mol. The Morgan fingerprint density at radius 2 is 2.25 bits per heavy atom. The molecule has 4 rings (SSSR count). The Morgan fingerprint density at radius 1 is 1.38 bits per heavy atom. The van der Waals surface area contributed by atoms with Gasteiger partial charge in [0.15, 0.2) is 0 Å². The molecule has 1 aromatic rings. The molecule has 0 aromatic heterocycles. The molecule has 3 fully saturated rings. The third-order valence-corrected chi connectivity index (χ3v) is 5.35. The number of carbonyl (C=O) groups excluding carboxylic acids is 1. The van der Waals surface area contributed by atoms with Crippen molar-refractivity contribution in [2.45, 2.75) is 50.4 Å². The van der Waals surface area contributed by atoms with E-state index in [0.717, 1.165) is 50.9 Å². The highest BCUT2D eigenvalue weighted by molar-refractivity contribution is 5.81. The van der Waals surface area contributed by atoms with Gasteiger partial charge in [0.1, 0.15) is 0 Å². The fourth-order valence-corrected chi connectivity index (χ4v) is 3.98. The molecule has 1 aliphatic carbocycles. The zero-order chi connectivity index (χ0) is 16.5. The molecule has 3 aliphatic rings. The molecule has 1 saturated carbocycles. The second kappa shape index (κ2) is 6.54. The van der Waals surface area contributed by atoms with Crippen LogP contribution in [-0.2, 0) is 16.1 Å². The summed E-state index contributed by atoms with van der Waals surface area (Å²) in [6.07, 6.45) is 4.33. The van der Waals surface area contributed by atoms with Gasteiger partial charge in [0.25, 0.3) is 0 Å². The second-order valence-electron chi connectivity index (χ2n) is 7.18. The Labute approximate surface area is 142 Å². The Hall–Kier alpha value is -1.90. The summed E-state index contributed by atoms with van der Waals surface area (Å²) in [6.45, 7) is 2.41. The Balaban J connectivity index is 1.47. The molecule has 0 unspecified atom stereocenters. The van der Waals surface area contributed by atoms with Crippen LogP contribution in [0.25, 0.3) is 0 Å². The molecule has 2 saturated heterocycles. The van der Waals surface area contributed by atoms with Crippen LogP contribution in [-0.4, -0.2) is 42.1 Å². The predicted octanol–water partition coefficient (Wildman–Crippen LogP) is 1.82. The molecule has 2 aliphatic heterocycles. The van der Waals surface area contributed by atoms with Crippen LogP contribution in [0.2, 0.25) is 0 Å². The van der Waals surface area contributed by atoms with Gasteiger partial charge in [0, 0.05) is 31.7 Å². The van der Waals surface area contributed by atoms with E-state index in [4.69, 9.17) is 10.00 Å². The maximum atomic E-state index is 12.2. The summed E-state index contributed by atoms with van der Waals surface area (Å²) in [5.74, 6) is 0.426. The fourth-order valence-electron chi connectivity index (χ4n) is 3.98. The molecule has 3 atom stereocenters. The largest absolute Gasteiger partial charge is 0.374 e. The van der Waals surface area contributed by atoms with Crippen molar-refractivity contribution in [1.29, 1.82) is 5.26 Å². The van der Waals surface area contributed by atoms with Gasteiger partial charge >= 0.3 is 0 Å². The topological polar surface area (TPSA) is 65.4 Å². The SMILES string of the molecule is N#Cc1cccc(CN2C[C@@H](NC(=O)C3CC3)[C@@H]3OCCC[C@@H]32)c1. The maximum Gasteiger partial charge on any atom is 0.223 e. The Bertz CT molecular complexity index is 665. The van der Waals surface area contributed by atoms with Crippen molar-refractivity contribution >= 4 is 5.91 Å². The Morgan fingerprint density at radius 3 is 3.04 bits per heavy atom. The molecular weight excluding hydrogens is 302 g/mol. The highest BCUT2D eigenvalue weighted by Gasteiger charge is 2.45. The number of carbonyl (C=O) groups is 1. The van der Waals surface area contributed by atoms with Crippen LogP contribution in [0.4, 0.5) is 0 Å². The summed E-state index contributed by atoms with van der Waals surface area (Å²) >= 11 is 0. The average molecular weight is 325 g/mol. The number of amides is 1. The van der Waals surface area contributed by atoms with Gasteiger partial charge in [0.05, 0.1) is 23.8 Å². The first-order valence-corrected chi connectivity index (χ1v) is 8.89. The van der Waals surface area contributed by atoms with Gasteiger partial charge in [-0.3, -0.25) is 9.69 Å². The van der Waals surface area contributed by atoms with Gasteiger partial charge in [-0.25, -0.2) is 0 Å². The van der Waals surface area contributed by atoms with E-state index in [9.17, 15) is 4.79 Å². The van der Waals surface area contributed by atoms with Crippen LogP contribution in [0.1, 0.15) is 36.8 Å². The van der Waals surface area contributed by atoms with E-state index in [1.807, 2.05) is 18.2 Å². The van der Waals surface area contributed by atoms with Gasteiger partial charge in [-0.1, -0.05) is 12.1 Å². The van der Waals surface area contributed by atoms with Crippen LogP contribution in [0.15, 0.2) is 24.3 Å². The number of nitrogens with one attached hydrogen (secondary N) is 1. The maximum absolute atomic E-state index is 12.2. The molecule has 0 spiro atoms. The van der Waals surface area contributed by atoms with Crippen molar-refractivity contribution in [3.63, 3.8) is 0 Å². The number of nitriles is 1. The van der Waals surface area contributed by atoms with E-state index in [1.165, 1.54) is 0 Å². The summed E-state index contributed by atoms with van der Waals surface area (Å²) < 4.78 is 6.02. The molecule has 24 heavy (non-hydrogen) atoms. The lowest BCUT2D eigenvalue weighted by atomic mass is 10.0. The van der Waals surface area contributed by atoms with Crippen LogP contribution in [0, 0.1) is 17.2 Å². The van der Waals surface area contributed by atoms with Crippen LogP contribution in [0.5, 0.6) is 0 Å². The third-order valence-electron chi connectivity index (χ3n) is 5.35. The van der Waals surface area contributed by atoms with Crippen molar-refractivity contribution in [2.24, 2.45) is 5.92 Å². The summed E-state index contributed by atoms with van der Waals surface area (Å²) in [4.78, 5) is 14.6. The number of rotatable bonds is 4. The lowest BCUT2D eigenvalue weighted by Gasteiger charge is -2.32. The van der Waals surface area contributed by atoms with Crippen LogP contribution < -0.4 is 5.32 Å². The van der Waals surface area contributed by atoms with E-state index in [0.29, 0.717) is 11.6 Å². The summed E-state index contributed by atoms with van der Waals surface area (Å²) in [6, 6.07) is 10.4. The Kier molecular flexibility index (Phi) is 4.26. The summed E-state index contributed by atoms with van der Waals surface area (Å²) in [7, 11) is 0. The van der Waals surface area contributed by atoms with Gasteiger partial charge in [-0.05, 0) is 43.4 Å². The number of hydrogen-bond donors (Lipinski definition) is 1. The van der Waals surface area contributed by atoms with Gasteiger partial charge < -0.3 is 10.1 Å². The van der Waals surface area contributed by atoms with Gasteiger partial charge in [-0.15, -0.1) is 0 Å². The minimum atomic E-state index is 0.0857. The first kappa shape index (κ1) is 15.6. The molecule has 126 valence electrons. The number of benzene rings is 1. The molecule has 0 radical (unpaired) electrons. The van der Waals surface area contributed by atoms with E-state index in [-0.39, 0.29) is 24.0 Å². The number of likely N-dealkylation sites (tertiary alicyclic amines) is 1. The summed E-state index contributed by atoms with van der Waals surface area (Å²) in [5, 5.41) is 12.3. The third kappa shape index (κ3) is 3.17. The average Bonchev–Trinajstić information content (AvgIpc) is 3.41. The fraction of sp³-hybridized carbons (Fsp3) is 0.579. The minimum Gasteiger partial charge on any atom is -0.374 e. The molecular formula is C19H23N3O2.